The minimum absolute atomic E-state index is 0.698. The van der Waals surface area contributed by atoms with E-state index < -0.39 is 0 Å². The van der Waals surface area contributed by atoms with Crippen LogP contribution in [0.1, 0.15) is 6.92 Å². The molecule has 0 unspecified atom stereocenters. The minimum atomic E-state index is 0.698. The van der Waals surface area contributed by atoms with Crippen molar-refractivity contribution in [2.45, 2.75) is 6.92 Å². The molecule has 0 aromatic carbocycles. The number of rotatable bonds is 1. The highest BCUT2D eigenvalue weighted by molar-refractivity contribution is 6.32. The van der Waals surface area contributed by atoms with Crippen LogP contribution in [0.5, 0.6) is 0 Å². The maximum Gasteiger partial charge on any atom is 0.0687 e. The van der Waals surface area contributed by atoms with Crippen LogP contribution in [0.15, 0.2) is 35.2 Å². The molecule has 0 amide bonds. The van der Waals surface area contributed by atoms with Gasteiger partial charge in [-0.2, -0.15) is 0 Å². The Labute approximate surface area is 78.4 Å². The highest BCUT2D eigenvalue weighted by Gasteiger charge is 2.14. The van der Waals surface area contributed by atoms with Crippen LogP contribution in [0.3, 0.4) is 0 Å². The third-order valence-electron chi connectivity index (χ3n) is 1.66. The summed E-state index contributed by atoms with van der Waals surface area (Å²) in [6, 6.07) is 0. The fraction of sp³-hybridized carbons (Fsp3) is 0.333. The Bertz CT molecular complexity index is 264. The van der Waals surface area contributed by atoms with Gasteiger partial charge < -0.3 is 0 Å². The molecule has 0 N–H and O–H groups in total. The molecule has 1 rings (SSSR count). The van der Waals surface area contributed by atoms with Crippen molar-refractivity contribution in [3.8, 4) is 0 Å². The third-order valence-corrected chi connectivity index (χ3v) is 1.99. The van der Waals surface area contributed by atoms with E-state index in [1.54, 1.807) is 0 Å². The second-order valence-corrected chi connectivity index (χ2v) is 3.41. The van der Waals surface area contributed by atoms with E-state index in [4.69, 9.17) is 11.6 Å². The van der Waals surface area contributed by atoms with Crippen LogP contribution in [-0.4, -0.2) is 24.1 Å². The summed E-state index contributed by atoms with van der Waals surface area (Å²) in [6.45, 7) is 5.88. The van der Waals surface area contributed by atoms with E-state index in [0.29, 0.717) is 5.03 Å². The number of nitrogens with zero attached hydrogens (tertiary/aromatic N) is 2. The van der Waals surface area contributed by atoms with Crippen molar-refractivity contribution < 1.29 is 0 Å². The molecule has 0 bridgehead atoms. The van der Waals surface area contributed by atoms with Gasteiger partial charge in [0, 0.05) is 20.3 Å². The first-order chi connectivity index (χ1) is 5.52. The van der Waals surface area contributed by atoms with E-state index in [1.807, 2.05) is 43.3 Å². The number of allylic oxidation sites excluding steroid dienone is 3. The van der Waals surface area contributed by atoms with Gasteiger partial charge in [0.25, 0.3) is 0 Å². The van der Waals surface area contributed by atoms with Crippen LogP contribution in [0, 0.1) is 0 Å². The van der Waals surface area contributed by atoms with E-state index in [-0.39, 0.29) is 0 Å². The molecule has 0 aliphatic carbocycles. The topological polar surface area (TPSA) is 6.48 Å². The molecular weight excluding hydrogens is 172 g/mol. The van der Waals surface area contributed by atoms with Gasteiger partial charge in [0.1, 0.15) is 0 Å². The van der Waals surface area contributed by atoms with Crippen molar-refractivity contribution in [3.05, 3.63) is 35.2 Å². The molecule has 0 aromatic heterocycles. The van der Waals surface area contributed by atoms with Gasteiger partial charge in [0.15, 0.2) is 0 Å². The van der Waals surface area contributed by atoms with Crippen LogP contribution in [0.2, 0.25) is 0 Å². The van der Waals surface area contributed by atoms with Crippen molar-refractivity contribution in [3.63, 3.8) is 0 Å². The highest BCUT2D eigenvalue weighted by atomic mass is 35.5. The van der Waals surface area contributed by atoms with Gasteiger partial charge in [-0.05, 0) is 18.6 Å². The van der Waals surface area contributed by atoms with Gasteiger partial charge in [-0.3, -0.25) is 5.01 Å². The van der Waals surface area contributed by atoms with Crippen LogP contribution in [0.25, 0.3) is 0 Å². The predicted molar refractivity (Wildman–Crippen MR) is 52.4 cm³/mol. The normalized spacial score (nSPS) is 18.1. The molecule has 1 aliphatic rings. The molecule has 0 aromatic rings. The number of hydrogen-bond acceptors (Lipinski definition) is 2. The van der Waals surface area contributed by atoms with Crippen LogP contribution < -0.4 is 0 Å². The van der Waals surface area contributed by atoms with Gasteiger partial charge in [-0.1, -0.05) is 18.2 Å². The Balaban J connectivity index is 2.94. The van der Waals surface area contributed by atoms with E-state index in [0.717, 1.165) is 11.3 Å². The van der Waals surface area contributed by atoms with Gasteiger partial charge >= 0.3 is 0 Å². The molecule has 0 fully saturated rings. The lowest BCUT2D eigenvalue weighted by molar-refractivity contribution is 0.128. The number of halogens is 1. The summed E-state index contributed by atoms with van der Waals surface area (Å²) < 4.78 is 0. The molecular formula is C9H13ClN2. The summed E-state index contributed by atoms with van der Waals surface area (Å²) in [5.41, 5.74) is 1.94. The monoisotopic (exact) mass is 184 g/mol. The van der Waals surface area contributed by atoms with Crippen molar-refractivity contribution in [1.82, 2.24) is 10.0 Å². The molecule has 0 atom stereocenters. The van der Waals surface area contributed by atoms with E-state index in [2.05, 4.69) is 6.58 Å². The molecule has 0 radical (unpaired) electrons. The van der Waals surface area contributed by atoms with Crippen molar-refractivity contribution in [2.24, 2.45) is 0 Å². The average molecular weight is 185 g/mol. The fourth-order valence-electron chi connectivity index (χ4n) is 1.06. The third kappa shape index (κ3) is 1.71. The lowest BCUT2D eigenvalue weighted by Gasteiger charge is -2.31. The second-order valence-electron chi connectivity index (χ2n) is 3.00. The Morgan fingerprint density at radius 1 is 1.50 bits per heavy atom. The first kappa shape index (κ1) is 9.36. The minimum Gasteiger partial charge on any atom is -0.281 e. The zero-order valence-corrected chi connectivity index (χ0v) is 8.39. The Morgan fingerprint density at radius 2 is 2.08 bits per heavy atom. The Hall–Kier alpha value is -0.730. The molecule has 0 spiro atoms. The maximum atomic E-state index is 5.95. The van der Waals surface area contributed by atoms with E-state index in [1.165, 1.54) is 0 Å². The molecule has 2 nitrogen and oxygen atoms in total. The first-order valence-corrected chi connectivity index (χ1v) is 4.11. The molecule has 0 saturated heterocycles. The quantitative estimate of drug-likeness (QED) is 0.617. The van der Waals surface area contributed by atoms with Crippen LogP contribution >= 0.6 is 11.6 Å². The fourth-order valence-corrected chi connectivity index (χ4v) is 1.32. The van der Waals surface area contributed by atoms with Gasteiger partial charge in [-0.25, -0.2) is 5.01 Å². The van der Waals surface area contributed by atoms with Crippen molar-refractivity contribution >= 4 is 11.6 Å². The van der Waals surface area contributed by atoms with Gasteiger partial charge in [0.05, 0.1) is 10.7 Å². The first-order valence-electron chi connectivity index (χ1n) is 3.73. The average Bonchev–Trinajstić information content (AvgIpc) is 1.96. The number of hydrazine groups is 1. The lowest BCUT2D eigenvalue weighted by Crippen LogP contribution is -2.32. The van der Waals surface area contributed by atoms with Gasteiger partial charge in [0.2, 0.25) is 0 Å². The Morgan fingerprint density at radius 3 is 2.58 bits per heavy atom. The van der Waals surface area contributed by atoms with E-state index >= 15 is 0 Å². The predicted octanol–water partition coefficient (Wildman–Crippen LogP) is 2.32. The zero-order chi connectivity index (χ0) is 9.30. The summed E-state index contributed by atoms with van der Waals surface area (Å²) >= 11 is 5.95. The van der Waals surface area contributed by atoms with Crippen molar-refractivity contribution in [2.75, 3.05) is 14.1 Å². The molecule has 12 heavy (non-hydrogen) atoms. The summed E-state index contributed by atoms with van der Waals surface area (Å²) in [4.78, 5) is 0. The molecule has 3 heteroatoms. The second kappa shape index (κ2) is 3.33. The zero-order valence-electron chi connectivity index (χ0n) is 7.63. The standard InChI is InChI=1S/C9H13ClN2/c1-7-5-9(10)8(2)12(6-7)11(3)4/h5-6H,2H2,1,3-4H3. The summed E-state index contributed by atoms with van der Waals surface area (Å²) in [7, 11) is 3.90. The summed E-state index contributed by atoms with van der Waals surface area (Å²) in [6.07, 6.45) is 3.90. The van der Waals surface area contributed by atoms with Crippen molar-refractivity contribution in [1.29, 1.82) is 0 Å². The highest BCUT2D eigenvalue weighted by Crippen LogP contribution is 2.25. The molecule has 66 valence electrons. The smallest absolute Gasteiger partial charge is 0.0687 e. The molecule has 0 saturated carbocycles. The maximum absolute atomic E-state index is 5.95. The SMILES string of the molecule is C=C1C(Cl)=CC(C)=CN1N(C)C. The van der Waals surface area contributed by atoms with Crippen LogP contribution in [0.4, 0.5) is 0 Å². The molecule has 1 aliphatic heterocycles. The van der Waals surface area contributed by atoms with Gasteiger partial charge in [-0.15, -0.1) is 0 Å². The van der Waals surface area contributed by atoms with Crippen LogP contribution in [-0.2, 0) is 0 Å². The van der Waals surface area contributed by atoms with E-state index in [9.17, 15) is 0 Å². The Kier molecular flexibility index (Phi) is 2.60. The largest absolute Gasteiger partial charge is 0.281 e. The lowest BCUT2D eigenvalue weighted by atomic mass is 10.2. The number of hydrogen-bond donors (Lipinski definition) is 0. The molecule has 1 heterocycles. The summed E-state index contributed by atoms with van der Waals surface area (Å²) in [5, 5.41) is 4.54. The summed E-state index contributed by atoms with van der Waals surface area (Å²) in [5.74, 6) is 0.